The number of hydrogen-bond acceptors (Lipinski definition) is 6. The second kappa shape index (κ2) is 8.46. The Hall–Kier alpha value is -2.64. The Kier molecular flexibility index (Phi) is 5.81. The summed E-state index contributed by atoms with van der Waals surface area (Å²) >= 11 is 0. The van der Waals surface area contributed by atoms with Gasteiger partial charge in [-0.15, -0.1) is 0 Å². The van der Waals surface area contributed by atoms with Crippen LogP contribution in [-0.2, 0) is 11.2 Å². The third kappa shape index (κ3) is 4.46. The van der Waals surface area contributed by atoms with E-state index in [9.17, 15) is 0 Å². The molecule has 0 aliphatic heterocycles. The number of nitrogens with one attached hydrogen (secondary N) is 2. The Labute approximate surface area is 146 Å². The summed E-state index contributed by atoms with van der Waals surface area (Å²) in [6.45, 7) is 1.52. The van der Waals surface area contributed by atoms with Crippen molar-refractivity contribution in [3.63, 3.8) is 0 Å². The molecule has 0 radical (unpaired) electrons. The van der Waals surface area contributed by atoms with Gasteiger partial charge in [-0.3, -0.25) is 0 Å². The van der Waals surface area contributed by atoms with Crippen LogP contribution in [0, 0.1) is 0 Å². The van der Waals surface area contributed by atoms with E-state index < -0.39 is 0 Å². The molecule has 2 aromatic heterocycles. The predicted molar refractivity (Wildman–Crippen MR) is 97.9 cm³/mol. The smallest absolute Gasteiger partial charge is 0.179 e. The Morgan fingerprint density at radius 3 is 3.04 bits per heavy atom. The number of hydrogen-bond donors (Lipinski definition) is 3. The molecule has 0 aliphatic rings. The summed E-state index contributed by atoms with van der Waals surface area (Å²) in [7, 11) is 1.61. The zero-order chi connectivity index (χ0) is 17.5. The Bertz CT molecular complexity index is 805. The highest BCUT2D eigenvalue weighted by molar-refractivity contribution is 5.83. The number of ether oxygens (including phenoxy) is 2. The molecular formula is C18H23N5O2. The molecule has 7 nitrogen and oxygen atoms in total. The van der Waals surface area contributed by atoms with Gasteiger partial charge in [-0.05, 0) is 18.1 Å². The average Bonchev–Trinajstić information content (AvgIpc) is 3.04. The minimum absolute atomic E-state index is 0.190. The van der Waals surface area contributed by atoms with Gasteiger partial charge in [-0.2, -0.15) is 0 Å². The number of nitrogens with two attached hydrogens (primary N) is 1. The summed E-state index contributed by atoms with van der Waals surface area (Å²) in [5.41, 5.74) is 8.30. The molecule has 132 valence electrons. The number of aromatic nitrogens is 3. The van der Waals surface area contributed by atoms with Crippen molar-refractivity contribution in [1.29, 1.82) is 0 Å². The van der Waals surface area contributed by atoms with E-state index in [2.05, 4.69) is 32.4 Å². The molecule has 0 spiro atoms. The Morgan fingerprint density at radius 2 is 2.16 bits per heavy atom. The first kappa shape index (κ1) is 17.2. The van der Waals surface area contributed by atoms with Gasteiger partial charge in [0.2, 0.25) is 0 Å². The van der Waals surface area contributed by atoms with E-state index in [4.69, 9.17) is 15.2 Å². The molecule has 1 aromatic carbocycles. The van der Waals surface area contributed by atoms with Crippen molar-refractivity contribution in [3.8, 4) is 5.75 Å². The fraction of sp³-hybridized carbons (Fsp3) is 0.333. The lowest BCUT2D eigenvalue weighted by Gasteiger charge is -2.14. The van der Waals surface area contributed by atoms with E-state index in [1.165, 1.54) is 17.3 Å². The first-order valence-corrected chi connectivity index (χ1v) is 8.24. The van der Waals surface area contributed by atoms with E-state index in [0.717, 1.165) is 18.5 Å². The van der Waals surface area contributed by atoms with Crippen LogP contribution < -0.4 is 15.8 Å². The molecule has 0 unspecified atom stereocenters. The maximum atomic E-state index is 5.88. The second-order valence-electron chi connectivity index (χ2n) is 5.80. The molecule has 0 aliphatic carbocycles. The fourth-order valence-corrected chi connectivity index (χ4v) is 2.67. The highest BCUT2D eigenvalue weighted by Crippen LogP contribution is 2.21. The van der Waals surface area contributed by atoms with Crippen molar-refractivity contribution < 1.29 is 9.47 Å². The largest absolute Gasteiger partial charge is 0.486 e. The van der Waals surface area contributed by atoms with Gasteiger partial charge in [0, 0.05) is 30.8 Å². The topological polar surface area (TPSA) is 98.1 Å². The summed E-state index contributed by atoms with van der Waals surface area (Å²) in [5, 5.41) is 4.55. The van der Waals surface area contributed by atoms with Gasteiger partial charge < -0.3 is 25.5 Å². The minimum Gasteiger partial charge on any atom is -0.486 e. The molecule has 1 atom stereocenters. The molecule has 0 saturated carbocycles. The van der Waals surface area contributed by atoms with Gasteiger partial charge in [0.25, 0.3) is 0 Å². The molecule has 7 heteroatoms. The highest BCUT2D eigenvalue weighted by atomic mass is 16.5. The third-order valence-corrected chi connectivity index (χ3v) is 3.87. The summed E-state index contributed by atoms with van der Waals surface area (Å²) in [6, 6.07) is 8.08. The lowest BCUT2D eigenvalue weighted by atomic mass is 10.1. The number of nitrogens with zero attached hydrogens (tertiary/aromatic N) is 2. The molecule has 0 bridgehead atoms. The van der Waals surface area contributed by atoms with Crippen LogP contribution >= 0.6 is 0 Å². The maximum absolute atomic E-state index is 5.88. The first-order valence-electron chi connectivity index (χ1n) is 8.24. The van der Waals surface area contributed by atoms with Gasteiger partial charge in [0.05, 0.1) is 18.8 Å². The van der Waals surface area contributed by atoms with Crippen LogP contribution in [0.5, 0.6) is 5.75 Å². The molecule has 0 amide bonds. The molecular weight excluding hydrogens is 318 g/mol. The van der Waals surface area contributed by atoms with E-state index in [-0.39, 0.29) is 6.04 Å². The fourth-order valence-electron chi connectivity index (χ4n) is 2.67. The summed E-state index contributed by atoms with van der Waals surface area (Å²) in [6.07, 6.45) is 6.06. The van der Waals surface area contributed by atoms with Gasteiger partial charge in [-0.1, -0.05) is 18.2 Å². The van der Waals surface area contributed by atoms with Crippen molar-refractivity contribution in [2.75, 3.05) is 32.2 Å². The van der Waals surface area contributed by atoms with E-state index in [1.54, 1.807) is 13.3 Å². The summed E-state index contributed by atoms with van der Waals surface area (Å²) < 4.78 is 10.7. The number of fused-ring (bicyclic) bond motifs is 1. The number of rotatable bonds is 9. The summed E-state index contributed by atoms with van der Waals surface area (Å²) in [5.74, 6) is 1.26. The quantitative estimate of drug-likeness (QED) is 0.550. The van der Waals surface area contributed by atoms with Crippen LogP contribution in [-0.4, -0.2) is 47.9 Å². The number of H-pyrrole nitrogens is 1. The average molecular weight is 341 g/mol. The lowest BCUT2D eigenvalue weighted by Crippen LogP contribution is -2.32. The predicted octanol–water partition coefficient (Wildman–Crippen LogP) is 1.96. The van der Waals surface area contributed by atoms with Gasteiger partial charge in [0.15, 0.2) is 11.6 Å². The van der Waals surface area contributed by atoms with E-state index in [0.29, 0.717) is 24.8 Å². The van der Waals surface area contributed by atoms with Crippen LogP contribution in [0.1, 0.15) is 5.56 Å². The van der Waals surface area contributed by atoms with Crippen molar-refractivity contribution in [2.24, 2.45) is 5.73 Å². The highest BCUT2D eigenvalue weighted by Gasteiger charge is 2.09. The number of benzene rings is 1. The van der Waals surface area contributed by atoms with Crippen LogP contribution in [0.4, 0.5) is 5.82 Å². The van der Waals surface area contributed by atoms with Crippen LogP contribution in [0.25, 0.3) is 10.9 Å². The Balaban J connectivity index is 1.58. The van der Waals surface area contributed by atoms with Crippen molar-refractivity contribution in [2.45, 2.75) is 12.5 Å². The number of anilines is 1. The summed E-state index contributed by atoms with van der Waals surface area (Å²) in [4.78, 5) is 11.6. The van der Waals surface area contributed by atoms with Crippen molar-refractivity contribution in [3.05, 3.63) is 48.5 Å². The second-order valence-corrected chi connectivity index (χ2v) is 5.80. The first-order chi connectivity index (χ1) is 12.3. The third-order valence-electron chi connectivity index (χ3n) is 3.87. The zero-order valence-corrected chi connectivity index (χ0v) is 14.2. The molecule has 0 fully saturated rings. The molecule has 2 heterocycles. The minimum atomic E-state index is -0.190. The molecule has 4 N–H and O–H groups in total. The monoisotopic (exact) mass is 341 g/mol. The number of para-hydroxylation sites is 1. The van der Waals surface area contributed by atoms with Crippen LogP contribution in [0.2, 0.25) is 0 Å². The lowest BCUT2D eigenvalue weighted by molar-refractivity contribution is 0.152. The SMILES string of the molecule is COC[C@H](N)COc1cncnc1NCCc1c[nH]c2ccccc12. The van der Waals surface area contributed by atoms with E-state index >= 15 is 0 Å². The van der Waals surface area contributed by atoms with Gasteiger partial charge in [-0.25, -0.2) is 9.97 Å². The number of aromatic amines is 1. The maximum Gasteiger partial charge on any atom is 0.179 e. The standard InChI is InChI=1S/C18H23N5O2/c1-24-10-14(19)11-25-17-9-20-12-23-18(17)21-7-6-13-8-22-16-5-3-2-4-15(13)16/h2-5,8-9,12,14,22H,6-7,10-11,19H2,1H3,(H,20,21,23)/t14-/m0/s1. The van der Waals surface area contributed by atoms with Crippen molar-refractivity contribution in [1.82, 2.24) is 15.0 Å². The van der Waals surface area contributed by atoms with Gasteiger partial charge in [0.1, 0.15) is 12.9 Å². The Morgan fingerprint density at radius 1 is 1.28 bits per heavy atom. The van der Waals surface area contributed by atoms with Crippen LogP contribution in [0.15, 0.2) is 43.0 Å². The normalized spacial score (nSPS) is 12.2. The van der Waals surface area contributed by atoms with E-state index in [1.807, 2.05) is 18.3 Å². The zero-order valence-electron chi connectivity index (χ0n) is 14.2. The number of methoxy groups -OCH3 is 1. The molecule has 0 saturated heterocycles. The van der Waals surface area contributed by atoms with Crippen LogP contribution in [0.3, 0.4) is 0 Å². The van der Waals surface area contributed by atoms with Gasteiger partial charge >= 0.3 is 0 Å². The molecule has 25 heavy (non-hydrogen) atoms. The van der Waals surface area contributed by atoms with Crippen molar-refractivity contribution >= 4 is 16.7 Å². The molecule has 3 rings (SSSR count). The molecule has 3 aromatic rings.